The van der Waals surface area contributed by atoms with Gasteiger partial charge in [0.25, 0.3) is 0 Å². The average molecular weight is 467 g/mol. The predicted octanol–water partition coefficient (Wildman–Crippen LogP) is 2.94. The van der Waals surface area contributed by atoms with Crippen LogP contribution in [0.25, 0.3) is 0 Å². The van der Waals surface area contributed by atoms with Crippen molar-refractivity contribution >= 4 is 41.5 Å². The Hall–Kier alpha value is -0.730. The number of nitrogens with zero attached hydrogens (tertiary/aromatic N) is 3. The van der Waals surface area contributed by atoms with Crippen molar-refractivity contribution in [3.63, 3.8) is 0 Å². The van der Waals surface area contributed by atoms with Gasteiger partial charge < -0.3 is 19.9 Å². The highest BCUT2D eigenvalue weighted by molar-refractivity contribution is 14.0. The smallest absolute Gasteiger partial charge is 0.193 e. The van der Waals surface area contributed by atoms with Crippen LogP contribution in [0.5, 0.6) is 5.75 Å². The fraction of sp³-hybridized carbons (Fsp3) is 0.588. The fourth-order valence-electron chi connectivity index (χ4n) is 2.77. The van der Waals surface area contributed by atoms with Gasteiger partial charge in [0.05, 0.1) is 6.54 Å². The number of likely N-dealkylation sites (tertiary alicyclic amines) is 1. The van der Waals surface area contributed by atoms with Crippen LogP contribution in [0.3, 0.4) is 0 Å². The summed E-state index contributed by atoms with van der Waals surface area (Å²) in [7, 11) is 6.03. The highest BCUT2D eigenvalue weighted by atomic mass is 127. The average Bonchev–Trinajstić information content (AvgIpc) is 2.95. The van der Waals surface area contributed by atoms with Crippen LogP contribution in [0, 0.1) is 0 Å². The summed E-state index contributed by atoms with van der Waals surface area (Å²) in [5, 5.41) is 4.18. The van der Waals surface area contributed by atoms with Crippen LogP contribution in [0.2, 0.25) is 5.02 Å². The van der Waals surface area contributed by atoms with E-state index in [1.165, 1.54) is 19.4 Å². The summed E-state index contributed by atoms with van der Waals surface area (Å²) >= 11 is 5.86. The largest absolute Gasteiger partial charge is 0.492 e. The van der Waals surface area contributed by atoms with E-state index < -0.39 is 0 Å². The van der Waals surface area contributed by atoms with E-state index in [1.807, 2.05) is 38.4 Å². The van der Waals surface area contributed by atoms with Crippen LogP contribution in [0.15, 0.2) is 29.3 Å². The Morgan fingerprint density at radius 2 is 2.12 bits per heavy atom. The minimum absolute atomic E-state index is 0. The maximum absolute atomic E-state index is 5.86. The van der Waals surface area contributed by atoms with Crippen molar-refractivity contribution < 1.29 is 4.74 Å². The first-order valence-electron chi connectivity index (χ1n) is 8.10. The molecule has 0 amide bonds. The topological polar surface area (TPSA) is 40.1 Å². The molecule has 2 rings (SSSR count). The van der Waals surface area contributed by atoms with Crippen molar-refractivity contribution in [2.45, 2.75) is 18.9 Å². The monoisotopic (exact) mass is 466 g/mol. The van der Waals surface area contributed by atoms with Crippen LogP contribution < -0.4 is 10.1 Å². The molecule has 136 valence electrons. The van der Waals surface area contributed by atoms with Gasteiger partial charge in [-0.1, -0.05) is 11.6 Å². The van der Waals surface area contributed by atoms with E-state index >= 15 is 0 Å². The molecule has 1 atom stereocenters. The molecule has 1 unspecified atom stereocenters. The fourth-order valence-corrected chi connectivity index (χ4v) is 2.89. The van der Waals surface area contributed by atoms with E-state index in [2.05, 4.69) is 27.2 Å². The quantitative estimate of drug-likeness (QED) is 0.398. The number of ether oxygens (including phenoxy) is 1. The van der Waals surface area contributed by atoms with Crippen LogP contribution in [0.1, 0.15) is 12.8 Å². The summed E-state index contributed by atoms with van der Waals surface area (Å²) in [5.41, 5.74) is 0. The highest BCUT2D eigenvalue weighted by Gasteiger charge is 2.21. The van der Waals surface area contributed by atoms with Crippen LogP contribution in [-0.2, 0) is 0 Å². The molecule has 1 aliphatic rings. The molecular weight excluding hydrogens is 439 g/mol. The molecule has 24 heavy (non-hydrogen) atoms. The van der Waals surface area contributed by atoms with E-state index in [1.54, 1.807) is 0 Å². The summed E-state index contributed by atoms with van der Waals surface area (Å²) in [6.07, 6.45) is 2.54. The molecule has 1 aromatic rings. The lowest BCUT2D eigenvalue weighted by Gasteiger charge is -2.25. The van der Waals surface area contributed by atoms with Gasteiger partial charge in [-0.2, -0.15) is 0 Å². The van der Waals surface area contributed by atoms with Crippen molar-refractivity contribution in [1.29, 1.82) is 0 Å². The molecule has 7 heteroatoms. The van der Waals surface area contributed by atoms with Gasteiger partial charge in [0.15, 0.2) is 5.96 Å². The van der Waals surface area contributed by atoms with Crippen molar-refractivity contribution in [3.05, 3.63) is 29.3 Å². The molecular formula is C17H28ClIN4O. The summed E-state index contributed by atoms with van der Waals surface area (Å²) in [5.74, 6) is 1.74. The number of rotatable bonds is 6. The Balaban J connectivity index is 0.00000288. The molecule has 1 aromatic carbocycles. The molecule has 1 fully saturated rings. The minimum atomic E-state index is 0. The van der Waals surface area contributed by atoms with Gasteiger partial charge in [-0.25, -0.2) is 0 Å². The Morgan fingerprint density at radius 3 is 2.71 bits per heavy atom. The van der Waals surface area contributed by atoms with E-state index in [0.29, 0.717) is 12.6 Å². The zero-order valence-electron chi connectivity index (χ0n) is 14.7. The number of hydrogen-bond acceptors (Lipinski definition) is 3. The van der Waals surface area contributed by atoms with Crippen molar-refractivity contribution in [1.82, 2.24) is 15.1 Å². The highest BCUT2D eigenvalue weighted by Crippen LogP contribution is 2.15. The summed E-state index contributed by atoms with van der Waals surface area (Å²) in [6.45, 7) is 3.49. The van der Waals surface area contributed by atoms with Crippen LogP contribution in [-0.4, -0.2) is 69.2 Å². The van der Waals surface area contributed by atoms with Crippen molar-refractivity contribution in [2.24, 2.45) is 4.99 Å². The van der Waals surface area contributed by atoms with Gasteiger partial charge in [0.1, 0.15) is 12.4 Å². The number of halogens is 2. The molecule has 0 aromatic heterocycles. The Kier molecular flexibility index (Phi) is 9.76. The Bertz CT molecular complexity index is 512. The van der Waals surface area contributed by atoms with Crippen LogP contribution in [0.4, 0.5) is 0 Å². The van der Waals surface area contributed by atoms with Crippen LogP contribution >= 0.6 is 35.6 Å². The molecule has 1 aliphatic heterocycles. The second-order valence-electron chi connectivity index (χ2n) is 5.93. The number of benzene rings is 1. The van der Waals surface area contributed by atoms with Gasteiger partial charge in [-0.15, -0.1) is 24.0 Å². The standard InChI is InChI=1S/C17H27ClN4O.HI/c1-19-17(20-13-15-5-4-10-21(15)2)22(3)11-12-23-16-8-6-14(18)7-9-16;/h6-9,15H,4-5,10-13H2,1-3H3,(H,19,20);1H. The second kappa shape index (κ2) is 11.0. The summed E-state index contributed by atoms with van der Waals surface area (Å²) < 4.78 is 5.73. The Labute approximate surface area is 167 Å². The second-order valence-corrected chi connectivity index (χ2v) is 6.37. The number of likely N-dealkylation sites (N-methyl/N-ethyl adjacent to an activating group) is 2. The SMILES string of the molecule is CN=C(NCC1CCCN1C)N(C)CCOc1ccc(Cl)cc1.I. The maximum atomic E-state index is 5.86. The number of hydrogen-bond donors (Lipinski definition) is 1. The van der Waals surface area contributed by atoms with E-state index in [0.717, 1.165) is 29.8 Å². The van der Waals surface area contributed by atoms with E-state index in [-0.39, 0.29) is 24.0 Å². The number of guanidine groups is 1. The molecule has 0 radical (unpaired) electrons. The lowest BCUT2D eigenvalue weighted by Crippen LogP contribution is -2.45. The first kappa shape index (κ1) is 21.3. The maximum Gasteiger partial charge on any atom is 0.193 e. The summed E-state index contributed by atoms with van der Waals surface area (Å²) in [6, 6.07) is 8.03. The Morgan fingerprint density at radius 1 is 1.42 bits per heavy atom. The molecule has 0 bridgehead atoms. The lowest BCUT2D eigenvalue weighted by molar-refractivity contribution is 0.277. The first-order chi connectivity index (χ1) is 11.1. The van der Waals surface area contributed by atoms with Crippen molar-refractivity contribution in [2.75, 3.05) is 47.4 Å². The van der Waals surface area contributed by atoms with Gasteiger partial charge in [-0.05, 0) is 50.7 Å². The zero-order chi connectivity index (χ0) is 16.7. The first-order valence-corrected chi connectivity index (χ1v) is 8.48. The number of aliphatic imine (C=N–C) groups is 1. The predicted molar refractivity (Wildman–Crippen MR) is 112 cm³/mol. The third kappa shape index (κ3) is 6.64. The molecule has 0 spiro atoms. The zero-order valence-corrected chi connectivity index (χ0v) is 17.8. The van der Waals surface area contributed by atoms with Gasteiger partial charge >= 0.3 is 0 Å². The molecule has 5 nitrogen and oxygen atoms in total. The molecule has 1 N–H and O–H groups in total. The van der Waals surface area contributed by atoms with Crippen molar-refractivity contribution in [3.8, 4) is 5.75 Å². The molecule has 1 heterocycles. The third-order valence-electron chi connectivity index (χ3n) is 4.25. The van der Waals surface area contributed by atoms with Gasteiger partial charge in [0, 0.05) is 31.7 Å². The van der Waals surface area contributed by atoms with E-state index in [9.17, 15) is 0 Å². The minimum Gasteiger partial charge on any atom is -0.492 e. The molecule has 1 saturated heterocycles. The molecule has 0 saturated carbocycles. The normalized spacial score (nSPS) is 18.2. The van der Waals surface area contributed by atoms with Gasteiger partial charge in [-0.3, -0.25) is 4.99 Å². The number of nitrogens with one attached hydrogen (secondary N) is 1. The molecule has 0 aliphatic carbocycles. The lowest BCUT2D eigenvalue weighted by atomic mass is 10.2. The van der Waals surface area contributed by atoms with E-state index in [4.69, 9.17) is 16.3 Å². The van der Waals surface area contributed by atoms with Gasteiger partial charge in [0.2, 0.25) is 0 Å². The third-order valence-corrected chi connectivity index (χ3v) is 4.50. The summed E-state index contributed by atoms with van der Waals surface area (Å²) in [4.78, 5) is 8.85.